The minimum atomic E-state index is 0.667. The van der Waals surface area contributed by atoms with Gasteiger partial charge in [-0.2, -0.15) is 0 Å². The molecular formula is C8H18N4. The molecule has 0 aliphatic rings. The lowest BCUT2D eigenvalue weighted by Gasteiger charge is -1.88. The molecule has 0 fully saturated rings. The molecule has 0 spiro atoms. The monoisotopic (exact) mass is 170 g/mol. The van der Waals surface area contributed by atoms with Crippen molar-refractivity contribution in [1.29, 1.82) is 0 Å². The van der Waals surface area contributed by atoms with Gasteiger partial charge in [-0.15, -0.1) is 0 Å². The molecule has 0 atom stereocenters. The normalized spacial score (nSPS) is 11.8. The molecule has 0 aromatic rings. The maximum atomic E-state index is 5.27. The molecule has 0 aromatic heterocycles. The molecule has 0 aliphatic carbocycles. The summed E-state index contributed by atoms with van der Waals surface area (Å²) in [7, 11) is 0. The van der Waals surface area contributed by atoms with Crippen molar-refractivity contribution in [3.8, 4) is 0 Å². The van der Waals surface area contributed by atoms with Crippen LogP contribution in [0.4, 0.5) is 0 Å². The van der Waals surface area contributed by atoms with E-state index in [2.05, 4.69) is 9.98 Å². The Bertz CT molecular complexity index is 115. The Morgan fingerprint density at radius 1 is 0.833 bits per heavy atom. The summed E-state index contributed by atoms with van der Waals surface area (Å²) >= 11 is 0. The number of nitrogens with zero attached hydrogens (tertiary/aromatic N) is 2. The van der Waals surface area contributed by atoms with Crippen LogP contribution < -0.4 is 11.5 Å². The molecular weight excluding hydrogens is 152 g/mol. The van der Waals surface area contributed by atoms with Crippen molar-refractivity contribution < 1.29 is 0 Å². The maximum absolute atomic E-state index is 5.27. The summed E-state index contributed by atoms with van der Waals surface area (Å²) in [5.74, 6) is 0. The van der Waals surface area contributed by atoms with Gasteiger partial charge in [0.15, 0.2) is 0 Å². The molecule has 0 unspecified atom stereocenters. The van der Waals surface area contributed by atoms with Crippen molar-refractivity contribution >= 4 is 12.4 Å². The largest absolute Gasteiger partial charge is 0.330 e. The summed E-state index contributed by atoms with van der Waals surface area (Å²) in [5.41, 5.74) is 10.5. The highest BCUT2D eigenvalue weighted by Gasteiger charge is 1.77. The second kappa shape index (κ2) is 10.3. The van der Waals surface area contributed by atoms with Crippen LogP contribution in [0.3, 0.4) is 0 Å². The van der Waals surface area contributed by atoms with Gasteiger partial charge in [-0.25, -0.2) is 0 Å². The van der Waals surface area contributed by atoms with Crippen LogP contribution in [0.5, 0.6) is 0 Å². The van der Waals surface area contributed by atoms with Gasteiger partial charge in [0.05, 0.1) is 13.1 Å². The van der Waals surface area contributed by atoms with Crippen LogP contribution in [0, 0.1) is 0 Å². The van der Waals surface area contributed by atoms with Crippen molar-refractivity contribution in [2.75, 3.05) is 26.2 Å². The Morgan fingerprint density at radius 3 is 1.58 bits per heavy atom. The van der Waals surface area contributed by atoms with E-state index in [1.807, 2.05) is 12.4 Å². The molecule has 4 N–H and O–H groups in total. The van der Waals surface area contributed by atoms with E-state index in [0.717, 1.165) is 25.9 Å². The Kier molecular flexibility index (Phi) is 9.63. The predicted molar refractivity (Wildman–Crippen MR) is 54.1 cm³/mol. The number of aliphatic imine (C=N–C) groups is 2. The van der Waals surface area contributed by atoms with Crippen molar-refractivity contribution in [3.63, 3.8) is 0 Å². The lowest BCUT2D eigenvalue weighted by molar-refractivity contribution is 0.957. The third-order valence-electron chi connectivity index (χ3n) is 1.21. The van der Waals surface area contributed by atoms with E-state index in [1.165, 1.54) is 0 Å². The first-order chi connectivity index (χ1) is 5.91. The van der Waals surface area contributed by atoms with Crippen LogP contribution >= 0.6 is 0 Å². The van der Waals surface area contributed by atoms with E-state index < -0.39 is 0 Å². The van der Waals surface area contributed by atoms with E-state index in [4.69, 9.17) is 11.5 Å². The van der Waals surface area contributed by atoms with Gasteiger partial charge in [-0.3, -0.25) is 9.98 Å². The van der Waals surface area contributed by atoms with Gasteiger partial charge in [0.1, 0.15) is 0 Å². The average Bonchev–Trinajstić information content (AvgIpc) is 2.10. The molecule has 0 heterocycles. The quantitative estimate of drug-likeness (QED) is 0.411. The molecule has 0 amide bonds. The summed E-state index contributed by atoms with van der Waals surface area (Å²) in [6, 6.07) is 0. The van der Waals surface area contributed by atoms with Gasteiger partial charge in [0.25, 0.3) is 0 Å². The zero-order valence-electron chi connectivity index (χ0n) is 7.45. The van der Waals surface area contributed by atoms with Gasteiger partial charge >= 0.3 is 0 Å². The van der Waals surface area contributed by atoms with E-state index in [-0.39, 0.29) is 0 Å². The standard InChI is InChI=1S/C8H18N4/c9-3-1-5-11-7-8-12-6-2-4-10/h5-6H,1-4,7-10H2. The first-order valence-electron chi connectivity index (χ1n) is 4.28. The molecule has 0 bridgehead atoms. The summed E-state index contributed by atoms with van der Waals surface area (Å²) in [4.78, 5) is 8.22. The lowest BCUT2D eigenvalue weighted by Crippen LogP contribution is -2.00. The lowest BCUT2D eigenvalue weighted by atomic mass is 10.4. The van der Waals surface area contributed by atoms with Gasteiger partial charge < -0.3 is 11.5 Å². The SMILES string of the molecule is NCCC=NCCN=CCCN. The predicted octanol–water partition coefficient (Wildman–Crippen LogP) is -0.174. The van der Waals surface area contributed by atoms with Crippen LogP contribution in [0.25, 0.3) is 0 Å². The fourth-order valence-corrected chi connectivity index (χ4v) is 0.630. The molecule has 0 rings (SSSR count). The number of hydrogen-bond donors (Lipinski definition) is 2. The van der Waals surface area contributed by atoms with Crippen LogP contribution in [-0.2, 0) is 0 Å². The number of rotatable bonds is 7. The molecule has 0 saturated heterocycles. The molecule has 0 aliphatic heterocycles. The minimum absolute atomic E-state index is 0.667. The van der Waals surface area contributed by atoms with Crippen LogP contribution in [0.15, 0.2) is 9.98 Å². The van der Waals surface area contributed by atoms with Gasteiger partial charge in [-0.05, 0) is 25.9 Å². The molecule has 12 heavy (non-hydrogen) atoms. The first-order valence-corrected chi connectivity index (χ1v) is 4.28. The van der Waals surface area contributed by atoms with Gasteiger partial charge in [0, 0.05) is 12.4 Å². The average molecular weight is 170 g/mol. The zero-order chi connectivity index (χ0) is 9.07. The van der Waals surface area contributed by atoms with Crippen molar-refractivity contribution in [3.05, 3.63) is 0 Å². The Hall–Kier alpha value is -0.740. The van der Waals surface area contributed by atoms with E-state index in [1.54, 1.807) is 0 Å². The fourth-order valence-electron chi connectivity index (χ4n) is 0.630. The van der Waals surface area contributed by atoms with E-state index in [9.17, 15) is 0 Å². The van der Waals surface area contributed by atoms with Crippen molar-refractivity contribution in [1.82, 2.24) is 0 Å². The van der Waals surface area contributed by atoms with Crippen LogP contribution in [-0.4, -0.2) is 38.6 Å². The fraction of sp³-hybridized carbons (Fsp3) is 0.750. The molecule has 4 nitrogen and oxygen atoms in total. The van der Waals surface area contributed by atoms with Gasteiger partial charge in [0.2, 0.25) is 0 Å². The summed E-state index contributed by atoms with van der Waals surface area (Å²) < 4.78 is 0. The van der Waals surface area contributed by atoms with Crippen LogP contribution in [0.2, 0.25) is 0 Å². The molecule has 70 valence electrons. The second-order valence-electron chi connectivity index (χ2n) is 2.33. The highest BCUT2D eigenvalue weighted by molar-refractivity contribution is 5.58. The Balaban J connectivity index is 3.09. The zero-order valence-corrected chi connectivity index (χ0v) is 7.45. The highest BCUT2D eigenvalue weighted by atomic mass is 14.8. The first kappa shape index (κ1) is 11.3. The topological polar surface area (TPSA) is 76.8 Å². The second-order valence-corrected chi connectivity index (χ2v) is 2.33. The molecule has 0 aromatic carbocycles. The highest BCUT2D eigenvalue weighted by Crippen LogP contribution is 1.75. The van der Waals surface area contributed by atoms with Gasteiger partial charge in [-0.1, -0.05) is 0 Å². The maximum Gasteiger partial charge on any atom is 0.0581 e. The third-order valence-corrected chi connectivity index (χ3v) is 1.21. The van der Waals surface area contributed by atoms with E-state index >= 15 is 0 Å². The summed E-state index contributed by atoms with van der Waals surface area (Å²) in [6.45, 7) is 2.84. The Morgan fingerprint density at radius 2 is 1.25 bits per heavy atom. The summed E-state index contributed by atoms with van der Waals surface area (Å²) in [5, 5.41) is 0. The molecule has 0 radical (unpaired) electrons. The molecule has 0 saturated carbocycles. The van der Waals surface area contributed by atoms with E-state index in [0.29, 0.717) is 13.1 Å². The summed E-state index contributed by atoms with van der Waals surface area (Å²) in [6.07, 6.45) is 5.40. The Labute approximate surface area is 73.8 Å². The van der Waals surface area contributed by atoms with Crippen LogP contribution in [0.1, 0.15) is 12.8 Å². The number of hydrogen-bond acceptors (Lipinski definition) is 4. The third kappa shape index (κ3) is 9.26. The van der Waals surface area contributed by atoms with Crippen molar-refractivity contribution in [2.45, 2.75) is 12.8 Å². The van der Waals surface area contributed by atoms with Crippen molar-refractivity contribution in [2.24, 2.45) is 21.5 Å². The number of nitrogens with two attached hydrogens (primary N) is 2. The minimum Gasteiger partial charge on any atom is -0.330 e. The molecule has 4 heteroatoms. The smallest absolute Gasteiger partial charge is 0.0581 e.